The summed E-state index contributed by atoms with van der Waals surface area (Å²) in [7, 11) is -3.75. The minimum absolute atomic E-state index is 0.00924. The lowest BCUT2D eigenvalue weighted by Crippen LogP contribution is -2.38. The molecule has 7 nitrogen and oxygen atoms in total. The maximum absolute atomic E-state index is 12.4. The van der Waals surface area contributed by atoms with Crippen molar-refractivity contribution >= 4 is 27.5 Å². The van der Waals surface area contributed by atoms with Crippen molar-refractivity contribution in [2.24, 2.45) is 11.1 Å². The van der Waals surface area contributed by atoms with E-state index >= 15 is 0 Å². The van der Waals surface area contributed by atoms with Gasteiger partial charge in [-0.1, -0.05) is 19.3 Å². The highest BCUT2D eigenvalue weighted by molar-refractivity contribution is 7.89. The van der Waals surface area contributed by atoms with Gasteiger partial charge in [-0.15, -0.1) is 0 Å². The summed E-state index contributed by atoms with van der Waals surface area (Å²) in [6, 6.07) is 5.95. The Bertz CT molecular complexity index is 755. The van der Waals surface area contributed by atoms with E-state index in [1.165, 1.54) is 30.7 Å². The predicted octanol–water partition coefficient (Wildman–Crippen LogP) is 1.45. The molecular weight excluding hydrogens is 342 g/mol. The van der Waals surface area contributed by atoms with Crippen molar-refractivity contribution in [3.05, 3.63) is 24.3 Å². The zero-order valence-electron chi connectivity index (χ0n) is 14.0. The normalized spacial score (nSPS) is 22.2. The Hall–Kier alpha value is -1.93. The van der Waals surface area contributed by atoms with Gasteiger partial charge in [-0.2, -0.15) is 0 Å². The molecule has 3 N–H and O–H groups in total. The highest BCUT2D eigenvalue weighted by atomic mass is 32.2. The van der Waals surface area contributed by atoms with Gasteiger partial charge in [-0.25, -0.2) is 13.6 Å². The molecule has 0 bridgehead atoms. The molecule has 0 aromatic heterocycles. The van der Waals surface area contributed by atoms with Crippen LogP contribution < -0.4 is 10.5 Å². The molecule has 2 aliphatic rings. The predicted molar refractivity (Wildman–Crippen MR) is 93.1 cm³/mol. The minimum Gasteiger partial charge on any atom is -0.339 e. The molecule has 8 heteroatoms. The Kier molecular flexibility index (Phi) is 5.10. The van der Waals surface area contributed by atoms with Gasteiger partial charge in [0.2, 0.25) is 21.8 Å². The van der Waals surface area contributed by atoms with Crippen LogP contribution in [-0.4, -0.2) is 37.7 Å². The lowest BCUT2D eigenvalue weighted by molar-refractivity contribution is -0.130. The van der Waals surface area contributed by atoms with Crippen LogP contribution in [0.25, 0.3) is 0 Å². The number of rotatable bonds is 4. The number of likely N-dealkylation sites (tertiary alicyclic amines) is 1. The smallest absolute Gasteiger partial charge is 0.238 e. The molecule has 0 unspecified atom stereocenters. The fourth-order valence-electron chi connectivity index (χ4n) is 3.63. The summed E-state index contributed by atoms with van der Waals surface area (Å²) in [4.78, 5) is 26.6. The van der Waals surface area contributed by atoms with Crippen LogP contribution in [0.15, 0.2) is 29.2 Å². The average Bonchev–Trinajstić information content (AvgIpc) is 2.97. The Morgan fingerprint density at radius 1 is 1.12 bits per heavy atom. The molecule has 1 aliphatic carbocycles. The van der Waals surface area contributed by atoms with Gasteiger partial charge in [0.25, 0.3) is 0 Å². The first kappa shape index (κ1) is 17.9. The van der Waals surface area contributed by atoms with Crippen molar-refractivity contribution in [3.8, 4) is 0 Å². The van der Waals surface area contributed by atoms with Gasteiger partial charge in [0.15, 0.2) is 0 Å². The third-order valence-electron chi connectivity index (χ3n) is 5.00. The summed E-state index contributed by atoms with van der Waals surface area (Å²) in [5.74, 6) is -0.529. The summed E-state index contributed by atoms with van der Waals surface area (Å²) in [5.41, 5.74) is 0.487. The second kappa shape index (κ2) is 7.13. The maximum Gasteiger partial charge on any atom is 0.238 e. The number of nitrogens with one attached hydrogen (secondary N) is 1. The molecule has 2 fully saturated rings. The van der Waals surface area contributed by atoms with Gasteiger partial charge < -0.3 is 10.2 Å². The van der Waals surface area contributed by atoms with Gasteiger partial charge in [0.05, 0.1) is 10.8 Å². The van der Waals surface area contributed by atoms with Crippen molar-refractivity contribution in [1.82, 2.24) is 4.90 Å². The second-order valence-corrected chi connectivity index (χ2v) is 8.36. The number of carbonyl (C=O) groups excluding carboxylic acids is 2. The molecule has 1 aromatic rings. The van der Waals surface area contributed by atoms with Gasteiger partial charge in [-0.3, -0.25) is 9.59 Å². The lowest BCUT2D eigenvalue weighted by atomic mass is 9.94. The standard InChI is InChI=1S/C17H23N3O4S/c18-25(23,24)15-8-6-13(7-9-15)19-17(22)12-10-16(21)20(11-12)14-4-2-1-3-5-14/h6-9,12,14H,1-5,10-11H2,(H,19,22)(H2,18,23,24)/t12-/m1/s1. The first-order valence-electron chi connectivity index (χ1n) is 8.58. The van der Waals surface area contributed by atoms with E-state index in [1.807, 2.05) is 4.90 Å². The van der Waals surface area contributed by atoms with E-state index in [9.17, 15) is 18.0 Å². The van der Waals surface area contributed by atoms with Crippen LogP contribution >= 0.6 is 0 Å². The monoisotopic (exact) mass is 365 g/mol. The molecule has 1 heterocycles. The van der Waals surface area contributed by atoms with Gasteiger partial charge >= 0.3 is 0 Å². The number of sulfonamides is 1. The van der Waals surface area contributed by atoms with Crippen molar-refractivity contribution in [2.75, 3.05) is 11.9 Å². The van der Waals surface area contributed by atoms with E-state index in [1.54, 1.807) is 0 Å². The highest BCUT2D eigenvalue weighted by Crippen LogP contribution is 2.29. The zero-order chi connectivity index (χ0) is 18.0. The Morgan fingerprint density at radius 3 is 2.36 bits per heavy atom. The van der Waals surface area contributed by atoms with E-state index in [0.29, 0.717) is 12.2 Å². The molecule has 2 amide bonds. The number of hydrogen-bond acceptors (Lipinski definition) is 4. The van der Waals surface area contributed by atoms with Crippen molar-refractivity contribution < 1.29 is 18.0 Å². The first-order chi connectivity index (χ1) is 11.8. The molecule has 1 aromatic carbocycles. The van der Waals surface area contributed by atoms with E-state index < -0.39 is 10.0 Å². The number of carbonyl (C=O) groups is 2. The average molecular weight is 365 g/mol. The van der Waals surface area contributed by atoms with Crippen LogP contribution in [0.3, 0.4) is 0 Å². The van der Waals surface area contributed by atoms with Gasteiger partial charge in [-0.05, 0) is 37.1 Å². The fraction of sp³-hybridized carbons (Fsp3) is 0.529. The second-order valence-electron chi connectivity index (χ2n) is 6.80. The van der Waals surface area contributed by atoms with Crippen LogP contribution in [0.5, 0.6) is 0 Å². The molecule has 1 saturated carbocycles. The quantitative estimate of drug-likeness (QED) is 0.841. The number of nitrogens with two attached hydrogens (primary N) is 1. The maximum atomic E-state index is 12.4. The van der Waals surface area contributed by atoms with Crippen LogP contribution in [0, 0.1) is 5.92 Å². The molecule has 136 valence electrons. The molecule has 3 rings (SSSR count). The number of amides is 2. The summed E-state index contributed by atoms with van der Waals surface area (Å²) in [5, 5.41) is 7.80. The third kappa shape index (κ3) is 4.19. The summed E-state index contributed by atoms with van der Waals surface area (Å²) in [6.07, 6.45) is 5.78. The zero-order valence-corrected chi connectivity index (χ0v) is 14.8. The number of nitrogens with zero attached hydrogens (tertiary/aromatic N) is 1. The summed E-state index contributed by atoms with van der Waals surface area (Å²) in [6.45, 7) is 0.463. The molecule has 0 spiro atoms. The van der Waals surface area contributed by atoms with Crippen LogP contribution in [-0.2, 0) is 19.6 Å². The molecular formula is C17H23N3O4S. The molecule has 1 aliphatic heterocycles. The number of primary sulfonamides is 1. The van der Waals surface area contributed by atoms with Crippen molar-refractivity contribution in [3.63, 3.8) is 0 Å². The largest absolute Gasteiger partial charge is 0.339 e. The van der Waals surface area contributed by atoms with Gasteiger partial charge in [0, 0.05) is 24.7 Å². The number of hydrogen-bond donors (Lipinski definition) is 2. The SMILES string of the molecule is NS(=O)(=O)c1ccc(NC(=O)[C@@H]2CC(=O)N(C3CCCCC3)C2)cc1. The lowest BCUT2D eigenvalue weighted by Gasteiger charge is -2.31. The Labute approximate surface area is 147 Å². The Morgan fingerprint density at radius 2 is 1.76 bits per heavy atom. The van der Waals surface area contributed by atoms with Crippen LogP contribution in [0.2, 0.25) is 0 Å². The van der Waals surface area contributed by atoms with Crippen molar-refractivity contribution in [2.45, 2.75) is 49.5 Å². The van der Waals surface area contributed by atoms with E-state index in [-0.39, 0.29) is 35.1 Å². The topological polar surface area (TPSA) is 110 Å². The fourth-order valence-corrected chi connectivity index (χ4v) is 4.14. The number of benzene rings is 1. The van der Waals surface area contributed by atoms with E-state index in [4.69, 9.17) is 5.14 Å². The first-order valence-corrected chi connectivity index (χ1v) is 10.1. The third-order valence-corrected chi connectivity index (χ3v) is 5.92. The molecule has 1 saturated heterocycles. The number of anilines is 1. The molecule has 1 atom stereocenters. The van der Waals surface area contributed by atoms with Crippen LogP contribution in [0.1, 0.15) is 38.5 Å². The van der Waals surface area contributed by atoms with Crippen LogP contribution in [0.4, 0.5) is 5.69 Å². The molecule has 25 heavy (non-hydrogen) atoms. The summed E-state index contributed by atoms with van der Waals surface area (Å²) < 4.78 is 22.5. The minimum atomic E-state index is -3.75. The molecule has 0 radical (unpaired) electrons. The van der Waals surface area contributed by atoms with E-state index in [0.717, 1.165) is 25.7 Å². The summed E-state index contributed by atoms with van der Waals surface area (Å²) >= 11 is 0. The van der Waals surface area contributed by atoms with Crippen molar-refractivity contribution in [1.29, 1.82) is 0 Å². The highest BCUT2D eigenvalue weighted by Gasteiger charge is 2.38. The van der Waals surface area contributed by atoms with Gasteiger partial charge in [0.1, 0.15) is 0 Å². The van der Waals surface area contributed by atoms with E-state index in [2.05, 4.69) is 5.32 Å². The Balaban J connectivity index is 1.61.